The Morgan fingerprint density at radius 3 is 2.53 bits per heavy atom. The number of alkyl halides is 3. The molecular weight excluding hydrogens is 209 g/mol. The maximum absolute atomic E-state index is 11.9. The summed E-state index contributed by atoms with van der Waals surface area (Å²) in [6.45, 7) is 0. The molecule has 0 aliphatic heterocycles. The van der Waals surface area contributed by atoms with E-state index in [1.54, 1.807) is 12.1 Å². The molecule has 15 heavy (non-hydrogen) atoms. The molecule has 0 aliphatic carbocycles. The fourth-order valence-electron chi connectivity index (χ4n) is 0.755. The number of aromatic nitrogens is 1. The van der Waals surface area contributed by atoms with Gasteiger partial charge in [0.1, 0.15) is 5.69 Å². The standard InChI is InChI=1S/C8H7F3N4/c9-8(10,11)7(13)15-6(12)5-3-1-2-4-14-5/h1-4H,(H3,12,13,15). The van der Waals surface area contributed by atoms with Gasteiger partial charge in [0.05, 0.1) is 0 Å². The van der Waals surface area contributed by atoms with Crippen molar-refractivity contribution in [2.24, 2.45) is 10.7 Å². The predicted octanol–water partition coefficient (Wildman–Crippen LogP) is 1.33. The largest absolute Gasteiger partial charge is 0.451 e. The molecule has 1 aromatic rings. The SMILES string of the molecule is N=C(N=C(N)c1ccccn1)C(F)(F)F. The Morgan fingerprint density at radius 1 is 1.40 bits per heavy atom. The Bertz CT molecular complexity index is 383. The van der Waals surface area contributed by atoms with Crippen molar-refractivity contribution in [2.45, 2.75) is 6.18 Å². The quantitative estimate of drug-likeness (QED) is 0.548. The summed E-state index contributed by atoms with van der Waals surface area (Å²) in [5, 5.41) is 6.60. The Morgan fingerprint density at radius 2 is 2.07 bits per heavy atom. The molecule has 4 nitrogen and oxygen atoms in total. The van der Waals surface area contributed by atoms with E-state index < -0.39 is 17.8 Å². The van der Waals surface area contributed by atoms with Crippen LogP contribution in [0.25, 0.3) is 0 Å². The maximum atomic E-state index is 11.9. The minimum atomic E-state index is -4.79. The zero-order valence-corrected chi connectivity index (χ0v) is 7.42. The van der Waals surface area contributed by atoms with Crippen LogP contribution in [0.2, 0.25) is 0 Å². The summed E-state index contributed by atoms with van der Waals surface area (Å²) in [5.74, 6) is -2.18. The lowest BCUT2D eigenvalue weighted by Gasteiger charge is -2.04. The second kappa shape index (κ2) is 4.07. The summed E-state index contributed by atoms with van der Waals surface area (Å²) < 4.78 is 35.8. The number of nitrogens with one attached hydrogen (secondary N) is 1. The number of nitrogens with zero attached hydrogens (tertiary/aromatic N) is 2. The van der Waals surface area contributed by atoms with E-state index in [4.69, 9.17) is 11.1 Å². The minimum absolute atomic E-state index is 0.103. The number of halogens is 3. The van der Waals surface area contributed by atoms with Crippen LogP contribution in [-0.2, 0) is 0 Å². The molecule has 1 aromatic heterocycles. The van der Waals surface area contributed by atoms with Gasteiger partial charge >= 0.3 is 6.18 Å². The first-order valence-electron chi connectivity index (χ1n) is 3.82. The Labute approximate surface area is 83.2 Å². The van der Waals surface area contributed by atoms with Crippen LogP contribution in [0.15, 0.2) is 29.4 Å². The number of hydrogen-bond acceptors (Lipinski definition) is 2. The van der Waals surface area contributed by atoms with Crippen molar-refractivity contribution >= 4 is 11.7 Å². The van der Waals surface area contributed by atoms with Gasteiger partial charge in [0, 0.05) is 6.20 Å². The number of hydrogen-bond donors (Lipinski definition) is 2. The summed E-state index contributed by atoms with van der Waals surface area (Å²) in [6.07, 6.45) is -3.42. The second-order valence-electron chi connectivity index (χ2n) is 2.56. The molecule has 0 atom stereocenters. The highest BCUT2D eigenvalue weighted by Gasteiger charge is 2.34. The van der Waals surface area contributed by atoms with E-state index in [9.17, 15) is 13.2 Å². The fraction of sp³-hybridized carbons (Fsp3) is 0.125. The third-order valence-electron chi connectivity index (χ3n) is 1.43. The normalized spacial score (nSPS) is 12.6. The summed E-state index contributed by atoms with van der Waals surface area (Å²) in [5.41, 5.74) is 5.34. The van der Waals surface area contributed by atoms with Gasteiger partial charge in [-0.25, -0.2) is 4.99 Å². The van der Waals surface area contributed by atoms with E-state index in [1.165, 1.54) is 12.3 Å². The first kappa shape index (κ1) is 11.2. The topological polar surface area (TPSA) is 75.1 Å². The molecule has 0 fully saturated rings. The summed E-state index contributed by atoms with van der Waals surface area (Å²) in [7, 11) is 0. The van der Waals surface area contributed by atoms with Crippen LogP contribution in [0.1, 0.15) is 5.69 Å². The van der Waals surface area contributed by atoms with Gasteiger partial charge in [-0.1, -0.05) is 6.07 Å². The van der Waals surface area contributed by atoms with Gasteiger partial charge in [0.15, 0.2) is 5.84 Å². The first-order valence-corrected chi connectivity index (χ1v) is 3.82. The lowest BCUT2D eigenvalue weighted by Crippen LogP contribution is -2.25. The van der Waals surface area contributed by atoms with Crippen molar-refractivity contribution in [3.05, 3.63) is 30.1 Å². The average molecular weight is 216 g/mol. The van der Waals surface area contributed by atoms with E-state index in [0.29, 0.717) is 0 Å². The van der Waals surface area contributed by atoms with Gasteiger partial charge in [-0.2, -0.15) is 13.2 Å². The van der Waals surface area contributed by atoms with Crippen LogP contribution in [0.5, 0.6) is 0 Å². The molecule has 3 N–H and O–H groups in total. The number of aliphatic imine (C=N–C) groups is 1. The molecule has 7 heteroatoms. The molecule has 80 valence electrons. The zero-order valence-electron chi connectivity index (χ0n) is 7.42. The van der Waals surface area contributed by atoms with E-state index in [-0.39, 0.29) is 5.69 Å². The minimum Gasteiger partial charge on any atom is -0.382 e. The molecule has 1 rings (SSSR count). The van der Waals surface area contributed by atoms with Gasteiger partial charge in [-0.15, -0.1) is 0 Å². The van der Waals surface area contributed by atoms with Gasteiger partial charge in [0.25, 0.3) is 0 Å². The number of nitrogens with two attached hydrogens (primary N) is 1. The second-order valence-corrected chi connectivity index (χ2v) is 2.56. The molecular formula is C8H7F3N4. The van der Waals surface area contributed by atoms with E-state index in [1.807, 2.05) is 0 Å². The molecule has 0 amide bonds. The third-order valence-corrected chi connectivity index (χ3v) is 1.43. The van der Waals surface area contributed by atoms with Crippen molar-refractivity contribution in [3.63, 3.8) is 0 Å². The van der Waals surface area contributed by atoms with Crippen LogP contribution in [0.3, 0.4) is 0 Å². The smallest absolute Gasteiger partial charge is 0.382 e. The lowest BCUT2D eigenvalue weighted by molar-refractivity contribution is -0.0604. The summed E-state index contributed by atoms with van der Waals surface area (Å²) in [6, 6.07) is 4.55. The van der Waals surface area contributed by atoms with Crippen molar-refractivity contribution in [1.29, 1.82) is 5.41 Å². The van der Waals surface area contributed by atoms with Gasteiger partial charge in [0.2, 0.25) is 5.84 Å². The molecule has 0 bridgehead atoms. The van der Waals surface area contributed by atoms with Crippen molar-refractivity contribution in [2.75, 3.05) is 0 Å². The molecule has 0 saturated carbocycles. The predicted molar refractivity (Wildman–Crippen MR) is 48.7 cm³/mol. The highest BCUT2D eigenvalue weighted by molar-refractivity contribution is 6.04. The van der Waals surface area contributed by atoms with Crippen molar-refractivity contribution in [1.82, 2.24) is 4.98 Å². The maximum Gasteiger partial charge on any atom is 0.451 e. The third kappa shape index (κ3) is 3.04. The van der Waals surface area contributed by atoms with Crippen LogP contribution < -0.4 is 5.73 Å². The van der Waals surface area contributed by atoms with Crippen LogP contribution in [0, 0.1) is 5.41 Å². The molecule has 0 radical (unpaired) electrons. The van der Waals surface area contributed by atoms with E-state index in [2.05, 4.69) is 9.98 Å². The zero-order chi connectivity index (χ0) is 11.5. The van der Waals surface area contributed by atoms with Crippen LogP contribution in [0.4, 0.5) is 13.2 Å². The highest BCUT2D eigenvalue weighted by Crippen LogP contribution is 2.16. The van der Waals surface area contributed by atoms with Crippen LogP contribution in [-0.4, -0.2) is 22.8 Å². The number of amidine groups is 2. The number of pyridine rings is 1. The Balaban J connectivity index is 2.91. The fourth-order valence-corrected chi connectivity index (χ4v) is 0.755. The van der Waals surface area contributed by atoms with Crippen molar-refractivity contribution < 1.29 is 13.2 Å². The molecule has 0 unspecified atom stereocenters. The van der Waals surface area contributed by atoms with Gasteiger partial charge < -0.3 is 5.73 Å². The van der Waals surface area contributed by atoms with Crippen molar-refractivity contribution in [3.8, 4) is 0 Å². The summed E-state index contributed by atoms with van der Waals surface area (Å²) >= 11 is 0. The Hall–Kier alpha value is -1.92. The van der Waals surface area contributed by atoms with E-state index in [0.717, 1.165) is 0 Å². The van der Waals surface area contributed by atoms with Crippen LogP contribution >= 0.6 is 0 Å². The lowest BCUT2D eigenvalue weighted by atomic mass is 10.3. The molecule has 0 aliphatic rings. The average Bonchev–Trinajstić information content (AvgIpc) is 2.17. The molecule has 0 saturated heterocycles. The highest BCUT2D eigenvalue weighted by atomic mass is 19.4. The molecule has 0 spiro atoms. The summed E-state index contributed by atoms with van der Waals surface area (Å²) in [4.78, 5) is 6.60. The monoisotopic (exact) mass is 216 g/mol. The van der Waals surface area contributed by atoms with Gasteiger partial charge in [-0.05, 0) is 12.1 Å². The van der Waals surface area contributed by atoms with Gasteiger partial charge in [-0.3, -0.25) is 10.4 Å². The first-order chi connectivity index (χ1) is 6.91. The molecule has 0 aromatic carbocycles. The Kier molecular flexibility index (Phi) is 3.03. The molecule has 1 heterocycles. The number of rotatable bonds is 1. The van der Waals surface area contributed by atoms with E-state index >= 15 is 0 Å².